The van der Waals surface area contributed by atoms with Crippen molar-refractivity contribution in [2.75, 3.05) is 11.5 Å². The van der Waals surface area contributed by atoms with Gasteiger partial charge in [0, 0.05) is 0 Å². The summed E-state index contributed by atoms with van der Waals surface area (Å²) in [6.45, 7) is 2.43. The van der Waals surface area contributed by atoms with Crippen molar-refractivity contribution in [3.63, 3.8) is 0 Å². The van der Waals surface area contributed by atoms with Crippen LogP contribution in [0.4, 0.5) is 10.5 Å². The standard InChI is InChI=1S/C18H15NO4S/c1-2-23-15-8-6-13(7-9-15)19-17(21)16(24-18(19)22)11-12-4-3-5-14(20)10-12/h3-11,20H,2H2,1H3. The van der Waals surface area contributed by atoms with Gasteiger partial charge in [-0.05, 0) is 66.7 Å². The first kappa shape index (κ1) is 16.1. The molecule has 0 saturated carbocycles. The van der Waals surface area contributed by atoms with E-state index in [1.807, 2.05) is 6.92 Å². The molecule has 1 aliphatic heterocycles. The van der Waals surface area contributed by atoms with Crippen LogP contribution in [0.3, 0.4) is 0 Å². The Bertz CT molecular complexity index is 814. The lowest BCUT2D eigenvalue weighted by Crippen LogP contribution is -2.27. The minimum absolute atomic E-state index is 0.106. The summed E-state index contributed by atoms with van der Waals surface area (Å²) in [7, 11) is 0. The monoisotopic (exact) mass is 341 g/mol. The SMILES string of the molecule is CCOc1ccc(N2C(=O)SC(=Cc3cccc(O)c3)C2=O)cc1. The average molecular weight is 341 g/mol. The van der Waals surface area contributed by atoms with E-state index in [1.165, 1.54) is 6.07 Å². The molecular formula is C18H15NO4S. The summed E-state index contributed by atoms with van der Waals surface area (Å²) in [6, 6.07) is 13.3. The number of aromatic hydroxyl groups is 1. The van der Waals surface area contributed by atoms with Gasteiger partial charge in [-0.25, -0.2) is 4.90 Å². The van der Waals surface area contributed by atoms with E-state index >= 15 is 0 Å². The van der Waals surface area contributed by atoms with Gasteiger partial charge in [-0.15, -0.1) is 0 Å². The highest BCUT2D eigenvalue weighted by Gasteiger charge is 2.36. The lowest BCUT2D eigenvalue weighted by molar-refractivity contribution is -0.113. The van der Waals surface area contributed by atoms with Gasteiger partial charge in [-0.3, -0.25) is 9.59 Å². The molecule has 1 aliphatic rings. The van der Waals surface area contributed by atoms with E-state index in [2.05, 4.69) is 0 Å². The third-order valence-electron chi connectivity index (χ3n) is 3.37. The quantitative estimate of drug-likeness (QED) is 0.851. The number of imide groups is 1. The van der Waals surface area contributed by atoms with Crippen molar-refractivity contribution < 1.29 is 19.4 Å². The number of thioether (sulfide) groups is 1. The molecule has 6 heteroatoms. The molecule has 0 unspecified atom stereocenters. The summed E-state index contributed by atoms with van der Waals surface area (Å²) in [6.07, 6.45) is 1.60. The Labute approximate surface area is 143 Å². The maximum absolute atomic E-state index is 12.5. The maximum atomic E-state index is 12.5. The number of phenolic OH excluding ortho intramolecular Hbond substituents is 1. The lowest BCUT2D eigenvalue weighted by Gasteiger charge is -2.13. The van der Waals surface area contributed by atoms with Crippen LogP contribution in [-0.4, -0.2) is 22.9 Å². The van der Waals surface area contributed by atoms with Crippen molar-refractivity contribution in [3.05, 3.63) is 59.0 Å². The molecule has 0 bridgehead atoms. The van der Waals surface area contributed by atoms with Gasteiger partial charge in [0.1, 0.15) is 11.5 Å². The minimum atomic E-state index is -0.377. The molecule has 5 nitrogen and oxygen atoms in total. The molecular weight excluding hydrogens is 326 g/mol. The Hall–Kier alpha value is -2.73. The molecule has 24 heavy (non-hydrogen) atoms. The van der Waals surface area contributed by atoms with Crippen molar-refractivity contribution >= 4 is 34.7 Å². The van der Waals surface area contributed by atoms with Crippen LogP contribution in [0.2, 0.25) is 0 Å². The predicted molar refractivity (Wildman–Crippen MR) is 94.2 cm³/mol. The van der Waals surface area contributed by atoms with Gasteiger partial charge in [0.25, 0.3) is 11.1 Å². The Morgan fingerprint density at radius 3 is 2.58 bits per heavy atom. The number of rotatable bonds is 4. The summed E-state index contributed by atoms with van der Waals surface area (Å²) in [4.78, 5) is 26.2. The topological polar surface area (TPSA) is 66.8 Å². The van der Waals surface area contributed by atoms with Gasteiger partial charge in [0.2, 0.25) is 0 Å². The van der Waals surface area contributed by atoms with Gasteiger partial charge in [-0.1, -0.05) is 12.1 Å². The zero-order valence-corrected chi connectivity index (χ0v) is 13.7. The van der Waals surface area contributed by atoms with E-state index < -0.39 is 0 Å². The smallest absolute Gasteiger partial charge is 0.298 e. The highest BCUT2D eigenvalue weighted by Crippen LogP contribution is 2.36. The molecule has 1 heterocycles. The molecule has 1 saturated heterocycles. The maximum Gasteiger partial charge on any atom is 0.298 e. The van der Waals surface area contributed by atoms with Crippen molar-refractivity contribution in [1.82, 2.24) is 0 Å². The number of anilines is 1. The number of carbonyl (C=O) groups excluding carboxylic acids is 2. The summed E-state index contributed by atoms with van der Waals surface area (Å²) >= 11 is 0.877. The van der Waals surface area contributed by atoms with E-state index in [1.54, 1.807) is 48.5 Å². The van der Waals surface area contributed by atoms with Crippen LogP contribution >= 0.6 is 11.8 Å². The van der Waals surface area contributed by atoms with E-state index in [0.29, 0.717) is 28.5 Å². The zero-order valence-electron chi connectivity index (χ0n) is 12.9. The van der Waals surface area contributed by atoms with Crippen LogP contribution in [0.15, 0.2) is 53.4 Å². The Morgan fingerprint density at radius 1 is 1.17 bits per heavy atom. The molecule has 0 radical (unpaired) electrons. The molecule has 0 aliphatic carbocycles. The molecule has 2 aromatic rings. The van der Waals surface area contributed by atoms with Crippen LogP contribution < -0.4 is 9.64 Å². The van der Waals surface area contributed by atoms with Crippen LogP contribution in [0, 0.1) is 0 Å². The molecule has 3 rings (SSSR count). The highest BCUT2D eigenvalue weighted by molar-refractivity contribution is 8.19. The molecule has 1 fully saturated rings. The fourth-order valence-corrected chi connectivity index (χ4v) is 3.16. The van der Waals surface area contributed by atoms with E-state index in [-0.39, 0.29) is 16.9 Å². The third-order valence-corrected chi connectivity index (χ3v) is 4.24. The van der Waals surface area contributed by atoms with Crippen molar-refractivity contribution in [2.45, 2.75) is 6.92 Å². The van der Waals surface area contributed by atoms with Gasteiger partial charge < -0.3 is 9.84 Å². The number of hydrogen-bond donors (Lipinski definition) is 1. The molecule has 0 aromatic heterocycles. The molecule has 0 spiro atoms. The second kappa shape index (κ2) is 6.80. The van der Waals surface area contributed by atoms with Gasteiger partial charge in [0.15, 0.2) is 0 Å². The van der Waals surface area contributed by atoms with Crippen molar-refractivity contribution in [1.29, 1.82) is 0 Å². The van der Waals surface area contributed by atoms with Crippen LogP contribution in [0.25, 0.3) is 6.08 Å². The van der Waals surface area contributed by atoms with E-state index in [9.17, 15) is 14.7 Å². The number of phenols is 1. The number of amides is 2. The first-order valence-electron chi connectivity index (χ1n) is 7.38. The first-order valence-corrected chi connectivity index (χ1v) is 8.20. The number of ether oxygens (including phenoxy) is 1. The van der Waals surface area contributed by atoms with Crippen molar-refractivity contribution in [2.24, 2.45) is 0 Å². The molecule has 1 N–H and O–H groups in total. The first-order chi connectivity index (χ1) is 11.6. The summed E-state index contributed by atoms with van der Waals surface area (Å²) in [5.74, 6) is 0.413. The van der Waals surface area contributed by atoms with Crippen LogP contribution in [0.1, 0.15) is 12.5 Å². The number of benzene rings is 2. The van der Waals surface area contributed by atoms with Gasteiger partial charge >= 0.3 is 0 Å². The summed E-state index contributed by atoms with van der Waals surface area (Å²) < 4.78 is 5.36. The largest absolute Gasteiger partial charge is 0.508 e. The molecule has 0 atom stereocenters. The normalized spacial score (nSPS) is 16.0. The number of hydrogen-bond acceptors (Lipinski definition) is 5. The second-order valence-corrected chi connectivity index (χ2v) is 6.03. The number of carbonyl (C=O) groups is 2. The Morgan fingerprint density at radius 2 is 1.92 bits per heavy atom. The third kappa shape index (κ3) is 3.28. The van der Waals surface area contributed by atoms with Gasteiger partial charge in [-0.2, -0.15) is 0 Å². The van der Waals surface area contributed by atoms with Gasteiger partial charge in [0.05, 0.1) is 17.2 Å². The molecule has 2 amide bonds. The zero-order chi connectivity index (χ0) is 17.1. The van der Waals surface area contributed by atoms with Crippen LogP contribution in [-0.2, 0) is 4.79 Å². The summed E-state index contributed by atoms with van der Waals surface area (Å²) in [5.41, 5.74) is 1.16. The Balaban J connectivity index is 1.86. The average Bonchev–Trinajstić information content (AvgIpc) is 2.83. The van der Waals surface area contributed by atoms with E-state index in [4.69, 9.17) is 4.74 Å². The van der Waals surface area contributed by atoms with Crippen molar-refractivity contribution in [3.8, 4) is 11.5 Å². The fourth-order valence-electron chi connectivity index (χ4n) is 2.31. The number of nitrogens with zero attached hydrogens (tertiary/aromatic N) is 1. The second-order valence-electron chi connectivity index (χ2n) is 5.04. The molecule has 2 aromatic carbocycles. The summed E-state index contributed by atoms with van der Waals surface area (Å²) in [5, 5.41) is 9.14. The Kier molecular flexibility index (Phi) is 4.57. The predicted octanol–water partition coefficient (Wildman–Crippen LogP) is 4.03. The van der Waals surface area contributed by atoms with E-state index in [0.717, 1.165) is 16.7 Å². The molecule has 122 valence electrons. The minimum Gasteiger partial charge on any atom is -0.508 e. The van der Waals surface area contributed by atoms with Crippen LogP contribution in [0.5, 0.6) is 11.5 Å². The highest BCUT2D eigenvalue weighted by atomic mass is 32.2. The lowest BCUT2D eigenvalue weighted by atomic mass is 10.2. The fraction of sp³-hybridized carbons (Fsp3) is 0.111.